The van der Waals surface area contributed by atoms with Gasteiger partial charge in [-0.05, 0) is 13.1 Å². The third-order valence-electron chi connectivity index (χ3n) is 2.31. The summed E-state index contributed by atoms with van der Waals surface area (Å²) in [6.07, 6.45) is -3.42. The largest absolute Gasteiger partial charge is 0.433 e. The Labute approximate surface area is 97.6 Å². The number of hydrogen-bond donors (Lipinski definition) is 2. The van der Waals surface area contributed by atoms with E-state index in [2.05, 4.69) is 10.3 Å². The Morgan fingerprint density at radius 1 is 1.47 bits per heavy atom. The maximum absolute atomic E-state index is 12.5. The van der Waals surface area contributed by atoms with Crippen LogP contribution in [0.25, 0.3) is 0 Å². The first-order valence-corrected chi connectivity index (χ1v) is 5.04. The molecule has 17 heavy (non-hydrogen) atoms. The summed E-state index contributed by atoms with van der Waals surface area (Å²) in [6.45, 7) is 1.21. The lowest BCUT2D eigenvalue weighted by Crippen LogP contribution is -2.28. The Bertz CT molecular complexity index is 378. The first kappa shape index (κ1) is 13.6. The number of nitrogens with one attached hydrogen (secondary N) is 1. The van der Waals surface area contributed by atoms with Gasteiger partial charge in [0.15, 0.2) is 0 Å². The zero-order valence-electron chi connectivity index (χ0n) is 9.67. The molecule has 3 N–H and O–H groups in total. The molecular weight excluding hydrogens is 233 g/mol. The molecule has 0 saturated carbocycles. The standard InChI is InChI=1S/C10H15F3N4/c1-15-3-4-17(2)8-5-9(10(11,12)13)16-6-7(8)14/h5-6,15H,3-4,14H2,1-2H3. The summed E-state index contributed by atoms with van der Waals surface area (Å²) in [6, 6.07) is 0.963. The van der Waals surface area contributed by atoms with Gasteiger partial charge in [-0.1, -0.05) is 0 Å². The van der Waals surface area contributed by atoms with Crippen molar-refractivity contribution in [1.29, 1.82) is 0 Å². The highest BCUT2D eigenvalue weighted by molar-refractivity contribution is 5.66. The smallest absolute Gasteiger partial charge is 0.396 e. The third kappa shape index (κ3) is 3.48. The minimum atomic E-state index is -4.45. The van der Waals surface area contributed by atoms with E-state index in [1.807, 2.05) is 0 Å². The van der Waals surface area contributed by atoms with E-state index in [9.17, 15) is 13.2 Å². The minimum Gasteiger partial charge on any atom is -0.396 e. The number of likely N-dealkylation sites (N-methyl/N-ethyl adjacent to an activating group) is 2. The molecule has 0 saturated heterocycles. The average molecular weight is 248 g/mol. The quantitative estimate of drug-likeness (QED) is 0.844. The maximum atomic E-state index is 12.5. The van der Waals surface area contributed by atoms with Crippen LogP contribution in [0.15, 0.2) is 12.3 Å². The molecule has 1 heterocycles. The van der Waals surface area contributed by atoms with E-state index in [0.717, 1.165) is 12.3 Å². The molecule has 0 aliphatic rings. The van der Waals surface area contributed by atoms with Gasteiger partial charge in [0.2, 0.25) is 0 Å². The van der Waals surface area contributed by atoms with Gasteiger partial charge in [0, 0.05) is 20.1 Å². The van der Waals surface area contributed by atoms with Gasteiger partial charge in [0.05, 0.1) is 17.6 Å². The van der Waals surface area contributed by atoms with E-state index in [4.69, 9.17) is 5.73 Å². The lowest BCUT2D eigenvalue weighted by molar-refractivity contribution is -0.141. The molecule has 0 aliphatic carbocycles. The van der Waals surface area contributed by atoms with Crippen LogP contribution in [0.1, 0.15) is 5.69 Å². The predicted octanol–water partition coefficient (Wildman–Crippen LogP) is 1.34. The Hall–Kier alpha value is -1.50. The van der Waals surface area contributed by atoms with Crippen LogP contribution in [0, 0.1) is 0 Å². The Kier molecular flexibility index (Phi) is 4.17. The van der Waals surface area contributed by atoms with Crippen molar-refractivity contribution in [2.45, 2.75) is 6.18 Å². The van der Waals surface area contributed by atoms with Crippen molar-refractivity contribution in [2.24, 2.45) is 0 Å². The second kappa shape index (κ2) is 5.22. The highest BCUT2D eigenvalue weighted by Crippen LogP contribution is 2.32. The number of anilines is 2. The summed E-state index contributed by atoms with van der Waals surface area (Å²) < 4.78 is 37.4. The number of rotatable bonds is 4. The Morgan fingerprint density at radius 3 is 2.65 bits per heavy atom. The monoisotopic (exact) mass is 248 g/mol. The van der Waals surface area contributed by atoms with Crippen LogP contribution in [-0.4, -0.2) is 32.2 Å². The van der Waals surface area contributed by atoms with Crippen molar-refractivity contribution in [1.82, 2.24) is 10.3 Å². The van der Waals surface area contributed by atoms with Gasteiger partial charge in [0.1, 0.15) is 5.69 Å². The average Bonchev–Trinajstić information content (AvgIpc) is 2.24. The fourth-order valence-corrected chi connectivity index (χ4v) is 1.34. The van der Waals surface area contributed by atoms with Gasteiger partial charge in [-0.2, -0.15) is 13.2 Å². The molecule has 0 fully saturated rings. The van der Waals surface area contributed by atoms with Gasteiger partial charge in [-0.25, -0.2) is 4.98 Å². The molecule has 0 atom stereocenters. The van der Waals surface area contributed by atoms with E-state index < -0.39 is 11.9 Å². The molecule has 4 nitrogen and oxygen atoms in total. The van der Waals surface area contributed by atoms with Crippen molar-refractivity contribution in [3.63, 3.8) is 0 Å². The maximum Gasteiger partial charge on any atom is 0.433 e. The van der Waals surface area contributed by atoms with E-state index in [-0.39, 0.29) is 5.69 Å². The number of hydrogen-bond acceptors (Lipinski definition) is 4. The summed E-state index contributed by atoms with van der Waals surface area (Å²) in [5.74, 6) is 0. The van der Waals surface area contributed by atoms with Gasteiger partial charge < -0.3 is 16.0 Å². The molecular formula is C10H15F3N4. The summed E-state index contributed by atoms with van der Waals surface area (Å²) >= 11 is 0. The topological polar surface area (TPSA) is 54.2 Å². The number of nitrogens with zero attached hydrogens (tertiary/aromatic N) is 2. The molecule has 96 valence electrons. The summed E-state index contributed by atoms with van der Waals surface area (Å²) in [7, 11) is 3.45. The predicted molar refractivity (Wildman–Crippen MR) is 60.8 cm³/mol. The second-order valence-corrected chi connectivity index (χ2v) is 3.65. The number of nitrogen functional groups attached to an aromatic ring is 1. The fourth-order valence-electron chi connectivity index (χ4n) is 1.34. The van der Waals surface area contributed by atoms with Crippen LogP contribution in [-0.2, 0) is 6.18 Å². The fraction of sp³-hybridized carbons (Fsp3) is 0.500. The summed E-state index contributed by atoms with van der Waals surface area (Å²) in [5.41, 5.74) is 5.25. The van der Waals surface area contributed by atoms with Crippen LogP contribution in [0.3, 0.4) is 0 Å². The van der Waals surface area contributed by atoms with Crippen LogP contribution in [0.5, 0.6) is 0 Å². The van der Waals surface area contributed by atoms with Crippen molar-refractivity contribution in [2.75, 3.05) is 37.8 Å². The van der Waals surface area contributed by atoms with Crippen molar-refractivity contribution in [3.05, 3.63) is 18.0 Å². The number of aromatic nitrogens is 1. The number of pyridine rings is 1. The molecule has 0 aromatic carbocycles. The second-order valence-electron chi connectivity index (χ2n) is 3.65. The van der Waals surface area contributed by atoms with Crippen molar-refractivity contribution in [3.8, 4) is 0 Å². The SMILES string of the molecule is CNCCN(C)c1cc(C(F)(F)F)ncc1N. The van der Waals surface area contributed by atoms with Gasteiger partial charge in [0.25, 0.3) is 0 Å². The lowest BCUT2D eigenvalue weighted by Gasteiger charge is -2.21. The highest BCUT2D eigenvalue weighted by atomic mass is 19.4. The van der Waals surface area contributed by atoms with Crippen LogP contribution < -0.4 is 16.0 Å². The summed E-state index contributed by atoms with van der Waals surface area (Å²) in [5, 5.41) is 2.91. The third-order valence-corrected chi connectivity index (χ3v) is 2.31. The number of halogens is 3. The molecule has 7 heteroatoms. The van der Waals surface area contributed by atoms with E-state index >= 15 is 0 Å². The van der Waals surface area contributed by atoms with Crippen molar-refractivity contribution < 1.29 is 13.2 Å². The molecule has 0 amide bonds. The molecule has 1 aromatic rings. The van der Waals surface area contributed by atoms with Crippen LogP contribution in [0.2, 0.25) is 0 Å². The molecule has 0 unspecified atom stereocenters. The van der Waals surface area contributed by atoms with Gasteiger partial charge in [-0.3, -0.25) is 0 Å². The number of nitrogens with two attached hydrogens (primary N) is 1. The molecule has 0 spiro atoms. The van der Waals surface area contributed by atoms with E-state index in [1.54, 1.807) is 19.0 Å². The van der Waals surface area contributed by atoms with Crippen LogP contribution >= 0.6 is 0 Å². The molecule has 1 rings (SSSR count). The minimum absolute atomic E-state index is 0.233. The lowest BCUT2D eigenvalue weighted by atomic mass is 10.2. The normalized spacial score (nSPS) is 11.6. The highest BCUT2D eigenvalue weighted by Gasteiger charge is 2.33. The first-order chi connectivity index (χ1) is 7.86. The first-order valence-electron chi connectivity index (χ1n) is 5.04. The molecule has 0 bridgehead atoms. The van der Waals surface area contributed by atoms with E-state index in [1.165, 1.54) is 0 Å². The zero-order valence-corrected chi connectivity index (χ0v) is 9.67. The number of alkyl halides is 3. The zero-order chi connectivity index (χ0) is 13.1. The van der Waals surface area contributed by atoms with Crippen LogP contribution in [0.4, 0.5) is 24.5 Å². The Morgan fingerprint density at radius 2 is 2.12 bits per heavy atom. The summed E-state index contributed by atoms with van der Waals surface area (Å²) in [4.78, 5) is 4.94. The molecule has 0 radical (unpaired) electrons. The van der Waals surface area contributed by atoms with E-state index in [0.29, 0.717) is 18.8 Å². The Balaban J connectivity index is 2.98. The van der Waals surface area contributed by atoms with Gasteiger partial charge in [-0.15, -0.1) is 0 Å². The molecule has 0 aliphatic heterocycles. The van der Waals surface area contributed by atoms with Crippen molar-refractivity contribution >= 4 is 11.4 Å². The van der Waals surface area contributed by atoms with Gasteiger partial charge >= 0.3 is 6.18 Å². The molecule has 1 aromatic heterocycles.